The average Bonchev–Trinajstić information content (AvgIpc) is 2.91. The predicted octanol–water partition coefficient (Wildman–Crippen LogP) is 4.55. The number of ether oxygens (including phenoxy) is 1. The molecular weight excluding hydrogens is 494 g/mol. The Hall–Kier alpha value is -1.90. The molecule has 2 aliphatic heterocycles. The third-order valence-corrected chi connectivity index (χ3v) is 10.1. The Kier molecular flexibility index (Phi) is 9.11. The summed E-state index contributed by atoms with van der Waals surface area (Å²) in [6, 6.07) is 14.9. The number of nitrogens with zero attached hydrogens (tertiary/aromatic N) is 1. The minimum absolute atomic E-state index is 0.0384. The summed E-state index contributed by atoms with van der Waals surface area (Å²) in [5.74, 6) is -0.0384. The zero-order chi connectivity index (χ0) is 26.5. The van der Waals surface area contributed by atoms with Gasteiger partial charge >= 0.3 is 0 Å². The maximum atomic E-state index is 13.0. The molecule has 0 unspecified atom stereocenters. The van der Waals surface area contributed by atoms with E-state index in [0.717, 1.165) is 43.6 Å². The number of aryl methyl sites for hydroxylation is 2. The van der Waals surface area contributed by atoms with E-state index in [1.54, 1.807) is 0 Å². The summed E-state index contributed by atoms with van der Waals surface area (Å²) in [6.45, 7) is 8.17. The highest BCUT2D eigenvalue weighted by Crippen LogP contribution is 2.57. The van der Waals surface area contributed by atoms with Crippen LogP contribution in [0.2, 0.25) is 0 Å². The average molecular weight is 538 g/mol. The molecule has 38 heavy (non-hydrogen) atoms. The molecule has 6 nitrogen and oxygen atoms in total. The highest BCUT2D eigenvalue weighted by molar-refractivity contribution is 8.00. The summed E-state index contributed by atoms with van der Waals surface area (Å²) < 4.78 is 5.79. The minimum atomic E-state index is -0.759. The Labute approximate surface area is 231 Å². The number of hydrogen-bond acceptors (Lipinski definition) is 6. The van der Waals surface area contributed by atoms with Crippen LogP contribution < -0.4 is 10.6 Å². The van der Waals surface area contributed by atoms with Gasteiger partial charge in [-0.3, -0.25) is 9.69 Å². The Bertz CT molecular complexity index is 1080. The van der Waals surface area contributed by atoms with Gasteiger partial charge in [0.05, 0.1) is 31.9 Å². The number of carbonyl (C=O) groups excluding carboxylic acids is 1. The van der Waals surface area contributed by atoms with E-state index in [0.29, 0.717) is 37.0 Å². The molecule has 3 atom stereocenters. The zero-order valence-electron chi connectivity index (χ0n) is 22.9. The minimum Gasteiger partial charge on any atom is -0.386 e. The van der Waals surface area contributed by atoms with Gasteiger partial charge in [0.2, 0.25) is 5.91 Å². The van der Waals surface area contributed by atoms with E-state index in [1.807, 2.05) is 31.2 Å². The fraction of sp³-hybridized carbons (Fsp3) is 0.581. The SMILES string of the molecule is CCc1ccc2c(c1)[C@H](NCC[C@@H](NC(=O)CN1CCOCC1)[C@@H](O)c1ccc(C)cc1)CC1(CCC1)S2. The molecule has 0 radical (unpaired) electrons. The first-order valence-electron chi connectivity index (χ1n) is 14.3. The van der Waals surface area contributed by atoms with E-state index in [9.17, 15) is 9.90 Å². The Balaban J connectivity index is 1.27. The van der Waals surface area contributed by atoms with Gasteiger partial charge in [-0.15, -0.1) is 11.8 Å². The Morgan fingerprint density at radius 3 is 2.63 bits per heavy atom. The van der Waals surface area contributed by atoms with Gasteiger partial charge in [-0.2, -0.15) is 0 Å². The Morgan fingerprint density at radius 1 is 1.18 bits per heavy atom. The monoisotopic (exact) mass is 537 g/mol. The summed E-state index contributed by atoms with van der Waals surface area (Å²) in [6.07, 6.45) is 5.98. The lowest BCUT2D eigenvalue weighted by molar-refractivity contribution is -0.124. The standard InChI is InChI=1S/C31H43N3O3S/c1-3-23-7-10-28-25(19-23)27(20-31(38-28)12-4-13-31)32-14-11-26(30(36)24-8-5-22(2)6-9-24)33-29(35)21-34-15-17-37-18-16-34/h5-10,19,26-27,30,32,36H,3-4,11-18,20-21H2,1-2H3,(H,33,35)/t26-,27-,30+/m1/s1. The van der Waals surface area contributed by atoms with Gasteiger partial charge in [-0.05, 0) is 68.3 Å². The van der Waals surface area contributed by atoms with Gasteiger partial charge in [0, 0.05) is 28.8 Å². The fourth-order valence-corrected chi connectivity index (χ4v) is 7.60. The highest BCUT2D eigenvalue weighted by atomic mass is 32.2. The number of rotatable bonds is 10. The van der Waals surface area contributed by atoms with Crippen molar-refractivity contribution in [1.82, 2.24) is 15.5 Å². The van der Waals surface area contributed by atoms with Gasteiger partial charge < -0.3 is 20.5 Å². The van der Waals surface area contributed by atoms with Crippen molar-refractivity contribution in [2.75, 3.05) is 39.4 Å². The van der Waals surface area contributed by atoms with Crippen LogP contribution in [0.1, 0.15) is 73.4 Å². The van der Waals surface area contributed by atoms with Crippen molar-refractivity contribution in [3.05, 3.63) is 64.7 Å². The molecule has 2 fully saturated rings. The molecule has 206 valence electrons. The molecule has 3 aliphatic rings. The first-order valence-corrected chi connectivity index (χ1v) is 15.2. The fourth-order valence-electron chi connectivity index (χ4n) is 5.93. The normalized spacial score (nSPS) is 22.3. The summed E-state index contributed by atoms with van der Waals surface area (Å²) in [5.41, 5.74) is 4.79. The molecule has 2 heterocycles. The van der Waals surface area contributed by atoms with E-state index in [1.165, 1.54) is 35.3 Å². The number of amides is 1. The third-order valence-electron chi connectivity index (χ3n) is 8.49. The maximum Gasteiger partial charge on any atom is 0.234 e. The molecule has 2 aromatic carbocycles. The first-order chi connectivity index (χ1) is 18.4. The van der Waals surface area contributed by atoms with Gasteiger partial charge in [-0.25, -0.2) is 0 Å². The first kappa shape index (κ1) is 27.7. The van der Waals surface area contributed by atoms with Crippen LogP contribution in [0.4, 0.5) is 0 Å². The van der Waals surface area contributed by atoms with Crippen LogP contribution in [0.15, 0.2) is 47.4 Å². The van der Waals surface area contributed by atoms with Crippen molar-refractivity contribution in [2.45, 2.75) is 80.2 Å². The summed E-state index contributed by atoms with van der Waals surface area (Å²) in [7, 11) is 0. The van der Waals surface area contributed by atoms with Crippen LogP contribution in [0.25, 0.3) is 0 Å². The number of aliphatic hydroxyl groups excluding tert-OH is 1. The van der Waals surface area contributed by atoms with Gasteiger partial charge in [0.25, 0.3) is 0 Å². The molecule has 1 spiro atoms. The smallest absolute Gasteiger partial charge is 0.234 e. The number of thioether (sulfide) groups is 1. The van der Waals surface area contributed by atoms with Crippen LogP contribution in [0, 0.1) is 6.92 Å². The van der Waals surface area contributed by atoms with Crippen molar-refractivity contribution in [3.8, 4) is 0 Å². The lowest BCUT2D eigenvalue weighted by atomic mass is 9.77. The molecule has 1 amide bonds. The quantitative estimate of drug-likeness (QED) is 0.413. The van der Waals surface area contributed by atoms with Crippen LogP contribution >= 0.6 is 11.8 Å². The number of morpholine rings is 1. The van der Waals surface area contributed by atoms with Gasteiger partial charge in [-0.1, -0.05) is 55.3 Å². The molecule has 1 saturated carbocycles. The molecule has 7 heteroatoms. The molecule has 0 bridgehead atoms. The molecule has 1 saturated heterocycles. The van der Waals surface area contributed by atoms with Crippen LogP contribution in [0.3, 0.4) is 0 Å². The van der Waals surface area contributed by atoms with Crippen molar-refractivity contribution < 1.29 is 14.6 Å². The molecule has 5 rings (SSSR count). The molecule has 1 aliphatic carbocycles. The topological polar surface area (TPSA) is 73.8 Å². The number of fused-ring (bicyclic) bond motifs is 1. The van der Waals surface area contributed by atoms with Crippen molar-refractivity contribution >= 4 is 17.7 Å². The number of hydrogen-bond donors (Lipinski definition) is 3. The summed E-state index contributed by atoms with van der Waals surface area (Å²) in [4.78, 5) is 16.5. The van der Waals surface area contributed by atoms with Crippen molar-refractivity contribution in [2.24, 2.45) is 0 Å². The summed E-state index contributed by atoms with van der Waals surface area (Å²) in [5, 5.41) is 18.4. The maximum absolute atomic E-state index is 13.0. The zero-order valence-corrected chi connectivity index (χ0v) is 23.7. The number of aliphatic hydroxyl groups is 1. The highest BCUT2D eigenvalue weighted by Gasteiger charge is 2.44. The second kappa shape index (κ2) is 12.5. The number of benzene rings is 2. The molecule has 3 N–H and O–H groups in total. The number of nitrogens with one attached hydrogen (secondary N) is 2. The predicted molar refractivity (Wildman–Crippen MR) is 154 cm³/mol. The van der Waals surface area contributed by atoms with E-state index in [4.69, 9.17) is 4.74 Å². The van der Waals surface area contributed by atoms with Crippen LogP contribution in [0.5, 0.6) is 0 Å². The second-order valence-electron chi connectivity index (χ2n) is 11.3. The van der Waals surface area contributed by atoms with E-state index >= 15 is 0 Å². The van der Waals surface area contributed by atoms with E-state index in [-0.39, 0.29) is 11.9 Å². The van der Waals surface area contributed by atoms with E-state index in [2.05, 4.69) is 52.4 Å². The third kappa shape index (κ3) is 6.62. The van der Waals surface area contributed by atoms with Crippen LogP contribution in [-0.2, 0) is 16.0 Å². The lowest BCUT2D eigenvalue weighted by Gasteiger charge is -2.47. The Morgan fingerprint density at radius 2 is 1.95 bits per heavy atom. The van der Waals surface area contributed by atoms with Crippen LogP contribution in [-0.4, -0.2) is 66.1 Å². The largest absolute Gasteiger partial charge is 0.386 e. The second-order valence-corrected chi connectivity index (χ2v) is 12.8. The van der Waals surface area contributed by atoms with E-state index < -0.39 is 6.10 Å². The molecule has 2 aromatic rings. The van der Waals surface area contributed by atoms with Crippen molar-refractivity contribution in [1.29, 1.82) is 0 Å². The van der Waals surface area contributed by atoms with Gasteiger partial charge in [0.15, 0.2) is 0 Å². The molecule has 0 aromatic heterocycles. The molecular formula is C31H43N3O3S. The lowest BCUT2D eigenvalue weighted by Crippen LogP contribution is -2.48. The summed E-state index contributed by atoms with van der Waals surface area (Å²) >= 11 is 2.09. The van der Waals surface area contributed by atoms with Gasteiger partial charge in [0.1, 0.15) is 0 Å². The number of carbonyl (C=O) groups is 1. The van der Waals surface area contributed by atoms with Crippen molar-refractivity contribution in [3.63, 3.8) is 0 Å².